The predicted molar refractivity (Wildman–Crippen MR) is 76.6 cm³/mol. The van der Waals surface area contributed by atoms with Crippen molar-refractivity contribution in [3.8, 4) is 0 Å². The molecule has 0 aliphatic heterocycles. The van der Waals surface area contributed by atoms with Crippen molar-refractivity contribution in [3.63, 3.8) is 0 Å². The Labute approximate surface area is 119 Å². The Balaban J connectivity index is 2.08. The number of hydrogen-bond acceptors (Lipinski definition) is 2. The third kappa shape index (κ3) is 3.00. The van der Waals surface area contributed by atoms with Gasteiger partial charge in [-0.2, -0.15) is 0 Å². The van der Waals surface area contributed by atoms with Gasteiger partial charge in [-0.05, 0) is 37.8 Å². The quantitative estimate of drug-likeness (QED) is 0.886. The van der Waals surface area contributed by atoms with E-state index < -0.39 is 11.5 Å². The Morgan fingerprint density at radius 3 is 2.50 bits per heavy atom. The highest BCUT2D eigenvalue weighted by Crippen LogP contribution is 2.30. The van der Waals surface area contributed by atoms with E-state index in [1.807, 2.05) is 32.0 Å². The third-order valence-corrected chi connectivity index (χ3v) is 4.10. The molecule has 1 aromatic carbocycles. The van der Waals surface area contributed by atoms with Crippen molar-refractivity contribution in [2.24, 2.45) is 0 Å². The van der Waals surface area contributed by atoms with Crippen molar-refractivity contribution >= 4 is 11.9 Å². The van der Waals surface area contributed by atoms with Crippen LogP contribution in [0.15, 0.2) is 18.2 Å². The molecule has 1 aliphatic carbocycles. The summed E-state index contributed by atoms with van der Waals surface area (Å²) in [5.41, 5.74) is 2.07. The van der Waals surface area contributed by atoms with Gasteiger partial charge in [-0.1, -0.05) is 36.6 Å². The van der Waals surface area contributed by atoms with Crippen molar-refractivity contribution in [3.05, 3.63) is 34.9 Å². The lowest BCUT2D eigenvalue weighted by atomic mass is 9.96. The first-order valence-corrected chi connectivity index (χ1v) is 7.03. The molecule has 1 saturated carbocycles. The summed E-state index contributed by atoms with van der Waals surface area (Å²) in [4.78, 5) is 23.6. The summed E-state index contributed by atoms with van der Waals surface area (Å²) in [5, 5.41) is 12.1. The van der Waals surface area contributed by atoms with Crippen LogP contribution in [0.2, 0.25) is 0 Å². The second kappa shape index (κ2) is 5.65. The van der Waals surface area contributed by atoms with Gasteiger partial charge in [0.2, 0.25) is 5.91 Å². The monoisotopic (exact) mass is 275 g/mol. The molecule has 2 N–H and O–H groups in total. The normalized spacial score (nSPS) is 16.9. The lowest BCUT2D eigenvalue weighted by Gasteiger charge is -2.25. The van der Waals surface area contributed by atoms with Crippen molar-refractivity contribution in [2.75, 3.05) is 0 Å². The van der Waals surface area contributed by atoms with Gasteiger partial charge < -0.3 is 10.4 Å². The van der Waals surface area contributed by atoms with Crippen LogP contribution in [0.1, 0.15) is 42.4 Å². The Morgan fingerprint density at radius 2 is 1.90 bits per heavy atom. The van der Waals surface area contributed by atoms with Crippen molar-refractivity contribution in [1.29, 1.82) is 0 Å². The van der Waals surface area contributed by atoms with Gasteiger partial charge in [-0.3, -0.25) is 4.79 Å². The number of rotatable bonds is 4. The van der Waals surface area contributed by atoms with Gasteiger partial charge in [0, 0.05) is 0 Å². The first-order valence-electron chi connectivity index (χ1n) is 7.03. The minimum atomic E-state index is -1.05. The fraction of sp³-hybridized carbons (Fsp3) is 0.500. The van der Waals surface area contributed by atoms with Gasteiger partial charge >= 0.3 is 5.97 Å². The standard InChI is InChI=1S/C16H21NO3/c1-11-5-6-12(2)13(9-11)10-14(18)17-16(15(19)20)7-3-4-8-16/h5-6,9H,3-4,7-8,10H2,1-2H3,(H,17,18)(H,19,20). The molecule has 0 bridgehead atoms. The van der Waals surface area contributed by atoms with Crippen LogP contribution < -0.4 is 5.32 Å². The molecule has 4 nitrogen and oxygen atoms in total. The molecular weight excluding hydrogens is 254 g/mol. The number of carboxylic acids is 1. The first kappa shape index (κ1) is 14.6. The summed E-state index contributed by atoms with van der Waals surface area (Å²) in [5.74, 6) is -1.12. The van der Waals surface area contributed by atoms with Crippen LogP contribution in [-0.4, -0.2) is 22.5 Å². The number of nitrogens with one attached hydrogen (secondary N) is 1. The van der Waals surface area contributed by atoms with E-state index in [2.05, 4.69) is 5.32 Å². The average molecular weight is 275 g/mol. The zero-order valence-electron chi connectivity index (χ0n) is 12.0. The number of carboxylic acid groups (broad SMARTS) is 1. The molecule has 0 unspecified atom stereocenters. The number of aliphatic carboxylic acids is 1. The number of aryl methyl sites for hydroxylation is 2. The van der Waals surface area contributed by atoms with E-state index in [4.69, 9.17) is 0 Å². The highest BCUT2D eigenvalue weighted by atomic mass is 16.4. The number of benzene rings is 1. The Hall–Kier alpha value is -1.84. The maximum Gasteiger partial charge on any atom is 0.329 e. The van der Waals surface area contributed by atoms with Gasteiger partial charge in [0.25, 0.3) is 0 Å². The Morgan fingerprint density at radius 1 is 1.25 bits per heavy atom. The van der Waals surface area contributed by atoms with Crippen LogP contribution in [0.5, 0.6) is 0 Å². The van der Waals surface area contributed by atoms with Gasteiger partial charge in [0.05, 0.1) is 6.42 Å². The number of carbonyl (C=O) groups is 2. The maximum atomic E-state index is 12.2. The zero-order chi connectivity index (χ0) is 14.8. The lowest BCUT2D eigenvalue weighted by molar-refractivity contribution is -0.147. The fourth-order valence-corrected chi connectivity index (χ4v) is 2.85. The van der Waals surface area contributed by atoms with Crippen LogP contribution in [0, 0.1) is 13.8 Å². The van der Waals surface area contributed by atoms with E-state index in [0.29, 0.717) is 12.8 Å². The van der Waals surface area contributed by atoms with Crippen LogP contribution in [0.3, 0.4) is 0 Å². The van der Waals surface area contributed by atoms with Gasteiger partial charge in [-0.15, -0.1) is 0 Å². The molecule has 0 aromatic heterocycles. The molecule has 2 rings (SSSR count). The molecule has 0 atom stereocenters. The van der Waals surface area contributed by atoms with Crippen LogP contribution in [-0.2, 0) is 16.0 Å². The molecule has 1 aromatic rings. The molecule has 0 saturated heterocycles. The molecular formula is C16H21NO3. The zero-order valence-corrected chi connectivity index (χ0v) is 12.0. The van der Waals surface area contributed by atoms with Gasteiger partial charge in [0.15, 0.2) is 0 Å². The summed E-state index contributed by atoms with van der Waals surface area (Å²) < 4.78 is 0. The minimum Gasteiger partial charge on any atom is -0.480 e. The van der Waals surface area contributed by atoms with Crippen LogP contribution in [0.25, 0.3) is 0 Å². The fourth-order valence-electron chi connectivity index (χ4n) is 2.85. The van der Waals surface area contributed by atoms with E-state index >= 15 is 0 Å². The minimum absolute atomic E-state index is 0.206. The maximum absolute atomic E-state index is 12.2. The lowest BCUT2D eigenvalue weighted by Crippen LogP contribution is -2.53. The molecule has 4 heteroatoms. The summed E-state index contributed by atoms with van der Waals surface area (Å²) in [6.45, 7) is 3.95. The second-order valence-corrected chi connectivity index (χ2v) is 5.75. The summed E-state index contributed by atoms with van der Waals surface area (Å²) in [7, 11) is 0. The summed E-state index contributed by atoms with van der Waals surface area (Å²) in [6, 6.07) is 5.98. The molecule has 0 spiro atoms. The number of carbonyl (C=O) groups excluding carboxylic acids is 1. The second-order valence-electron chi connectivity index (χ2n) is 5.75. The van der Waals surface area contributed by atoms with E-state index in [1.165, 1.54) is 0 Å². The molecule has 1 amide bonds. The Kier molecular flexibility index (Phi) is 4.12. The van der Waals surface area contributed by atoms with Gasteiger partial charge in [0.1, 0.15) is 5.54 Å². The van der Waals surface area contributed by atoms with E-state index in [1.54, 1.807) is 0 Å². The average Bonchev–Trinajstić information content (AvgIpc) is 2.83. The third-order valence-electron chi connectivity index (χ3n) is 4.10. The molecule has 0 heterocycles. The first-order chi connectivity index (χ1) is 9.43. The molecule has 1 aliphatic rings. The van der Waals surface area contributed by atoms with Crippen molar-refractivity contribution in [2.45, 2.75) is 51.5 Å². The highest BCUT2D eigenvalue weighted by Gasteiger charge is 2.42. The van der Waals surface area contributed by atoms with E-state index in [0.717, 1.165) is 29.5 Å². The molecule has 0 radical (unpaired) electrons. The summed E-state index contributed by atoms with van der Waals surface area (Å²) >= 11 is 0. The largest absolute Gasteiger partial charge is 0.480 e. The van der Waals surface area contributed by atoms with E-state index in [9.17, 15) is 14.7 Å². The SMILES string of the molecule is Cc1ccc(C)c(CC(=O)NC2(C(=O)O)CCCC2)c1. The molecule has 20 heavy (non-hydrogen) atoms. The number of amides is 1. The Bertz CT molecular complexity index is 531. The van der Waals surface area contributed by atoms with Crippen molar-refractivity contribution < 1.29 is 14.7 Å². The predicted octanol–water partition coefficient (Wildman–Crippen LogP) is 2.36. The highest BCUT2D eigenvalue weighted by molar-refractivity contribution is 5.88. The summed E-state index contributed by atoms with van der Waals surface area (Å²) in [6.07, 6.45) is 3.01. The van der Waals surface area contributed by atoms with Crippen LogP contribution >= 0.6 is 0 Å². The topological polar surface area (TPSA) is 66.4 Å². The van der Waals surface area contributed by atoms with Gasteiger partial charge in [-0.25, -0.2) is 4.79 Å². The van der Waals surface area contributed by atoms with Crippen LogP contribution in [0.4, 0.5) is 0 Å². The van der Waals surface area contributed by atoms with Crippen molar-refractivity contribution in [1.82, 2.24) is 5.32 Å². The smallest absolute Gasteiger partial charge is 0.329 e. The number of hydrogen-bond donors (Lipinski definition) is 2. The molecule has 1 fully saturated rings. The molecule has 108 valence electrons. The van der Waals surface area contributed by atoms with E-state index in [-0.39, 0.29) is 12.3 Å².